The van der Waals surface area contributed by atoms with Crippen molar-refractivity contribution < 1.29 is 9.53 Å². The van der Waals surface area contributed by atoms with E-state index >= 15 is 0 Å². The lowest BCUT2D eigenvalue weighted by atomic mass is 9.97. The number of nitrogens with zero attached hydrogens (tertiary/aromatic N) is 3. The maximum Gasteiger partial charge on any atom is 0.271 e. The molecule has 166 valence electrons. The van der Waals surface area contributed by atoms with Crippen LogP contribution in [-0.2, 0) is 11.2 Å². The fraction of sp³-hybridized carbons (Fsp3) is 0.522. The molecule has 1 atom stereocenters. The van der Waals surface area contributed by atoms with Crippen molar-refractivity contribution in [2.75, 3.05) is 26.7 Å². The van der Waals surface area contributed by atoms with Crippen LogP contribution in [0.4, 0.5) is 0 Å². The van der Waals surface area contributed by atoms with Crippen molar-refractivity contribution in [1.82, 2.24) is 30.2 Å². The van der Waals surface area contributed by atoms with E-state index in [1.807, 2.05) is 24.3 Å². The van der Waals surface area contributed by atoms with Gasteiger partial charge >= 0.3 is 0 Å². The third kappa shape index (κ3) is 5.51. The molecule has 1 saturated heterocycles. The molecule has 3 N–H and O–H groups in total. The predicted molar refractivity (Wildman–Crippen MR) is 120 cm³/mol. The first kappa shape index (κ1) is 21.5. The van der Waals surface area contributed by atoms with E-state index in [9.17, 15) is 4.79 Å². The maximum atomic E-state index is 12.9. The van der Waals surface area contributed by atoms with Gasteiger partial charge in [0.2, 0.25) is 0 Å². The van der Waals surface area contributed by atoms with Gasteiger partial charge in [-0.25, -0.2) is 9.97 Å². The summed E-state index contributed by atoms with van der Waals surface area (Å²) in [6, 6.07) is 7.90. The summed E-state index contributed by atoms with van der Waals surface area (Å²) in [6.45, 7) is 4.81. The number of nitrogens with one attached hydrogen (secondary N) is 3. The number of benzene rings is 1. The van der Waals surface area contributed by atoms with Gasteiger partial charge in [0.15, 0.2) is 0 Å². The minimum atomic E-state index is -0.463. The zero-order valence-corrected chi connectivity index (χ0v) is 18.4. The number of unbranched alkanes of at least 4 members (excludes halogenated alkanes) is 1. The van der Waals surface area contributed by atoms with Gasteiger partial charge < -0.3 is 24.9 Å². The summed E-state index contributed by atoms with van der Waals surface area (Å²) in [6.07, 6.45) is 5.73. The number of aromatic amines is 2. The van der Waals surface area contributed by atoms with Crippen LogP contribution in [0.2, 0.25) is 0 Å². The molecular formula is C23H32N6O2. The highest BCUT2D eigenvalue weighted by atomic mass is 16.5. The molecule has 31 heavy (non-hydrogen) atoms. The molecule has 1 aromatic carbocycles. The van der Waals surface area contributed by atoms with Crippen molar-refractivity contribution in [3.8, 4) is 0 Å². The van der Waals surface area contributed by atoms with Crippen molar-refractivity contribution >= 4 is 16.9 Å². The van der Waals surface area contributed by atoms with Crippen LogP contribution in [0, 0.1) is 0 Å². The Morgan fingerprint density at radius 1 is 1.29 bits per heavy atom. The fourth-order valence-electron chi connectivity index (χ4n) is 3.96. The smallest absolute Gasteiger partial charge is 0.271 e. The van der Waals surface area contributed by atoms with E-state index in [0.717, 1.165) is 61.5 Å². The number of fused-ring (bicyclic) bond motifs is 1. The number of piperidine rings is 1. The zero-order chi connectivity index (χ0) is 21.6. The predicted octanol–water partition coefficient (Wildman–Crippen LogP) is 3.21. The van der Waals surface area contributed by atoms with E-state index in [4.69, 9.17) is 4.74 Å². The molecule has 0 spiro atoms. The van der Waals surface area contributed by atoms with Crippen LogP contribution >= 0.6 is 0 Å². The number of para-hydroxylation sites is 2. The van der Waals surface area contributed by atoms with Crippen molar-refractivity contribution in [3.63, 3.8) is 0 Å². The first-order valence-corrected chi connectivity index (χ1v) is 11.2. The van der Waals surface area contributed by atoms with Gasteiger partial charge in [-0.1, -0.05) is 25.5 Å². The van der Waals surface area contributed by atoms with Crippen LogP contribution < -0.4 is 5.32 Å². The van der Waals surface area contributed by atoms with E-state index < -0.39 is 6.23 Å². The molecule has 2 aromatic heterocycles. The number of aromatic nitrogens is 4. The van der Waals surface area contributed by atoms with E-state index in [0.29, 0.717) is 24.6 Å². The third-order valence-electron chi connectivity index (χ3n) is 5.87. The number of imidazole rings is 2. The van der Waals surface area contributed by atoms with Crippen LogP contribution in [0.3, 0.4) is 0 Å². The van der Waals surface area contributed by atoms with Gasteiger partial charge in [0.25, 0.3) is 5.91 Å². The highest BCUT2D eigenvalue weighted by molar-refractivity contribution is 5.92. The number of H-pyrrole nitrogens is 2. The molecule has 0 aliphatic carbocycles. The summed E-state index contributed by atoms with van der Waals surface area (Å²) in [7, 11) is 2.14. The van der Waals surface area contributed by atoms with Crippen molar-refractivity contribution in [1.29, 1.82) is 0 Å². The third-order valence-corrected chi connectivity index (χ3v) is 5.87. The van der Waals surface area contributed by atoms with Crippen LogP contribution in [0.15, 0.2) is 30.5 Å². The molecule has 4 rings (SSSR count). The summed E-state index contributed by atoms with van der Waals surface area (Å²) >= 11 is 0. The first-order chi connectivity index (χ1) is 15.1. The molecule has 8 nitrogen and oxygen atoms in total. The van der Waals surface area contributed by atoms with Gasteiger partial charge in [0.1, 0.15) is 23.6 Å². The van der Waals surface area contributed by atoms with E-state index in [-0.39, 0.29) is 5.91 Å². The number of likely N-dealkylation sites (tertiary alicyclic amines) is 1. The van der Waals surface area contributed by atoms with Crippen molar-refractivity contribution in [2.45, 2.75) is 51.2 Å². The Bertz CT molecular complexity index is 956. The van der Waals surface area contributed by atoms with Gasteiger partial charge in [-0.05, 0) is 51.5 Å². The number of amides is 1. The molecule has 0 saturated carbocycles. The van der Waals surface area contributed by atoms with Gasteiger partial charge in [-0.3, -0.25) is 4.79 Å². The highest BCUT2D eigenvalue weighted by Crippen LogP contribution is 2.25. The summed E-state index contributed by atoms with van der Waals surface area (Å²) < 4.78 is 5.98. The molecule has 1 fully saturated rings. The Labute approximate surface area is 182 Å². The summed E-state index contributed by atoms with van der Waals surface area (Å²) in [5.74, 6) is 1.87. The Kier molecular flexibility index (Phi) is 6.99. The molecule has 3 heterocycles. The quantitative estimate of drug-likeness (QED) is 0.362. The van der Waals surface area contributed by atoms with Gasteiger partial charge in [0.05, 0.1) is 23.7 Å². The van der Waals surface area contributed by atoms with Gasteiger partial charge in [-0.15, -0.1) is 0 Å². The Balaban J connectivity index is 1.41. The standard InChI is InChI=1S/C23H32N6O2/c1-3-4-13-31-21(14-20-25-17-7-5-6-8-18(17)26-20)28-23(30)19-15-24-22(27-19)16-9-11-29(2)12-10-16/h5-8,15-16,21H,3-4,9-14H2,1-2H3,(H,24,27)(H,25,26)(H,28,30). The highest BCUT2D eigenvalue weighted by Gasteiger charge is 2.23. The largest absolute Gasteiger partial charge is 0.358 e. The molecule has 1 aliphatic rings. The van der Waals surface area contributed by atoms with Crippen LogP contribution in [0.5, 0.6) is 0 Å². The van der Waals surface area contributed by atoms with Gasteiger partial charge in [0, 0.05) is 12.5 Å². The number of carbonyl (C=O) groups is 1. The van der Waals surface area contributed by atoms with Crippen molar-refractivity contribution in [3.05, 3.63) is 47.8 Å². The Morgan fingerprint density at radius 2 is 2.10 bits per heavy atom. The number of ether oxygens (including phenoxy) is 1. The number of carbonyl (C=O) groups excluding carboxylic acids is 1. The maximum absolute atomic E-state index is 12.9. The Morgan fingerprint density at radius 3 is 2.87 bits per heavy atom. The molecule has 3 aromatic rings. The minimum Gasteiger partial charge on any atom is -0.358 e. The number of hydrogen-bond donors (Lipinski definition) is 3. The molecule has 0 radical (unpaired) electrons. The summed E-state index contributed by atoms with van der Waals surface area (Å²) in [5.41, 5.74) is 2.36. The average molecular weight is 425 g/mol. The minimum absolute atomic E-state index is 0.204. The number of rotatable bonds is 9. The Hall–Kier alpha value is -2.71. The average Bonchev–Trinajstić information content (AvgIpc) is 3.41. The van der Waals surface area contributed by atoms with E-state index in [1.54, 1.807) is 6.20 Å². The fourth-order valence-corrected chi connectivity index (χ4v) is 3.96. The van der Waals surface area contributed by atoms with Crippen LogP contribution in [0.1, 0.15) is 60.7 Å². The van der Waals surface area contributed by atoms with Crippen LogP contribution in [-0.4, -0.2) is 63.7 Å². The zero-order valence-electron chi connectivity index (χ0n) is 18.4. The second kappa shape index (κ2) is 10.1. The van der Waals surface area contributed by atoms with E-state index in [2.05, 4.69) is 44.1 Å². The second-order valence-electron chi connectivity index (χ2n) is 8.35. The molecule has 8 heteroatoms. The number of hydrogen-bond acceptors (Lipinski definition) is 5. The summed E-state index contributed by atoms with van der Waals surface area (Å²) in [5, 5.41) is 3.01. The monoisotopic (exact) mass is 424 g/mol. The topological polar surface area (TPSA) is 98.9 Å². The van der Waals surface area contributed by atoms with Crippen LogP contribution in [0.25, 0.3) is 11.0 Å². The van der Waals surface area contributed by atoms with E-state index in [1.165, 1.54) is 0 Å². The van der Waals surface area contributed by atoms with Crippen molar-refractivity contribution in [2.24, 2.45) is 0 Å². The lowest BCUT2D eigenvalue weighted by Gasteiger charge is -2.27. The first-order valence-electron chi connectivity index (χ1n) is 11.2. The molecule has 1 aliphatic heterocycles. The lowest BCUT2D eigenvalue weighted by molar-refractivity contribution is 0.0257. The molecule has 1 unspecified atom stereocenters. The molecular weight excluding hydrogens is 392 g/mol. The molecule has 0 bridgehead atoms. The lowest BCUT2D eigenvalue weighted by Crippen LogP contribution is -2.39. The summed E-state index contributed by atoms with van der Waals surface area (Å²) in [4.78, 5) is 30.9. The normalized spacial score (nSPS) is 16.6. The van der Waals surface area contributed by atoms with Gasteiger partial charge in [-0.2, -0.15) is 0 Å². The second-order valence-corrected chi connectivity index (χ2v) is 8.35. The SMILES string of the molecule is CCCCOC(Cc1nc2ccccc2[nH]1)NC(=O)c1cnc(C2CCN(C)CC2)[nH]1. The molecule has 1 amide bonds.